The van der Waals surface area contributed by atoms with Gasteiger partial charge < -0.3 is 10.0 Å². The van der Waals surface area contributed by atoms with Crippen LogP contribution in [0.25, 0.3) is 27.1 Å². The molecule has 1 aromatic heterocycles. The van der Waals surface area contributed by atoms with Crippen molar-refractivity contribution in [1.82, 2.24) is 4.98 Å². The number of pyridine rings is 1. The van der Waals surface area contributed by atoms with Crippen molar-refractivity contribution < 1.29 is 118 Å². The number of hydrogen-bond acceptors (Lipinski definition) is 19. The fourth-order valence-electron chi connectivity index (χ4n) is 11.0. The fourth-order valence-corrected chi connectivity index (χ4v) is 15.7. The standard InChI is InChI=1S/C49H53N3O26S8/c1-48(17-3-21-79(55,56)57)43(51(19-5-23-81(61,62)63)39-13-10-34-36(45(39)48)25-32(83(67,68)69)27-41(34)85(73,74)75)15-8-30(38-12-7-31(29-50-38)47(53)54)9-16-44-49(2,18-4-22-80(58,59)60)46-37-26-33(84(70,71)72)28-42(86(76,77)78)35(37)11-14-40(46)52(44)20-6-24-82(64,65)66/h7-16,25-29H,3-6,17-24H2,1-2H3,(H8-,53,54,55,56,57,58,59,60,61,62,63,64,65,66,67,68,69,70,71,72,73,74,75,76,77,78)/p+1. The number of aromatic nitrogens is 1. The third-order valence-electron chi connectivity index (χ3n) is 14.5. The van der Waals surface area contributed by atoms with Gasteiger partial charge in [0.05, 0.1) is 49.5 Å². The minimum Gasteiger partial charge on any atom is -0.478 e. The van der Waals surface area contributed by atoms with Gasteiger partial charge in [0, 0.05) is 70.0 Å². The maximum Gasteiger partial charge on any atom is 0.337 e. The van der Waals surface area contributed by atoms with Crippen LogP contribution in [-0.4, -0.2) is 166 Å². The Kier molecular flexibility index (Phi) is 18.7. The molecule has 2 aliphatic rings. The van der Waals surface area contributed by atoms with E-state index in [0.29, 0.717) is 12.1 Å². The van der Waals surface area contributed by atoms with Crippen molar-refractivity contribution in [3.8, 4) is 0 Å². The summed E-state index contributed by atoms with van der Waals surface area (Å²) in [5, 5.41) is 8.60. The van der Waals surface area contributed by atoms with Crippen molar-refractivity contribution in [1.29, 1.82) is 0 Å². The van der Waals surface area contributed by atoms with Gasteiger partial charge in [-0.3, -0.25) is 41.4 Å². The lowest BCUT2D eigenvalue weighted by atomic mass is 9.74. The SMILES string of the molecule is CC1(CCCS(=O)(=O)O)C(/C=C/C(=C/C=C2/N(CCCS(=O)(=O)O)c3ccc4c(S(=O)(=O)O)cc(S(=O)(=O)O)cc4c3C2(C)CCCS(=O)(=O)O)c2ccc(C(=O)O)cn2)=[N+](CCCS(=O)(=O)O)c2ccc3c(S(=O)(=O)O)cc(S(=O)(=O)O)cc3c21. The molecule has 468 valence electrons. The molecule has 3 heterocycles. The summed E-state index contributed by atoms with van der Waals surface area (Å²) in [6.45, 7) is 2.18. The number of nitrogens with zero attached hydrogens (tertiary/aromatic N) is 3. The number of rotatable bonds is 25. The van der Waals surface area contributed by atoms with Crippen LogP contribution in [0.3, 0.4) is 0 Å². The number of carboxylic acids is 1. The highest BCUT2D eigenvalue weighted by Crippen LogP contribution is 2.55. The van der Waals surface area contributed by atoms with Crippen molar-refractivity contribution >= 4 is 131 Å². The van der Waals surface area contributed by atoms with Crippen LogP contribution in [0.15, 0.2) is 116 Å². The van der Waals surface area contributed by atoms with Gasteiger partial charge in [0.25, 0.3) is 80.9 Å². The highest BCUT2D eigenvalue weighted by atomic mass is 32.2. The van der Waals surface area contributed by atoms with E-state index >= 15 is 0 Å². The average Bonchev–Trinajstić information content (AvgIpc) is 1.52. The third-order valence-corrected chi connectivity index (χ3v) is 21.2. The Morgan fingerprint density at radius 3 is 1.50 bits per heavy atom. The molecule has 0 amide bonds. The maximum absolute atomic E-state index is 12.9. The molecular weight excluding hydrogens is 1300 g/mol. The summed E-state index contributed by atoms with van der Waals surface area (Å²) >= 11 is 0. The number of allylic oxidation sites excluding steroid dienone is 6. The van der Waals surface area contributed by atoms with Crippen molar-refractivity contribution in [2.45, 2.75) is 82.8 Å². The number of anilines is 1. The second-order valence-corrected chi connectivity index (χ2v) is 32.4. The lowest BCUT2D eigenvalue weighted by molar-refractivity contribution is -0.437. The van der Waals surface area contributed by atoms with Crippen LogP contribution in [0.5, 0.6) is 0 Å². The van der Waals surface area contributed by atoms with E-state index in [-0.39, 0.29) is 111 Å². The van der Waals surface area contributed by atoms with E-state index in [1.54, 1.807) is 0 Å². The molecule has 5 aromatic rings. The predicted octanol–water partition coefficient (Wildman–Crippen LogP) is 4.62. The van der Waals surface area contributed by atoms with Gasteiger partial charge in [0.15, 0.2) is 5.71 Å². The Balaban J connectivity index is 1.60. The third kappa shape index (κ3) is 15.3. The smallest absolute Gasteiger partial charge is 0.337 e. The second-order valence-electron chi connectivity index (χ2n) is 20.5. The molecule has 0 saturated heterocycles. The molecule has 2 atom stereocenters. The first-order valence-corrected chi connectivity index (χ1v) is 37.1. The zero-order valence-corrected chi connectivity index (χ0v) is 51.3. The highest BCUT2D eigenvalue weighted by molar-refractivity contribution is 7.88. The van der Waals surface area contributed by atoms with E-state index in [4.69, 9.17) is 0 Å². The molecule has 4 aromatic carbocycles. The quantitative estimate of drug-likeness (QED) is 0.0218. The summed E-state index contributed by atoms with van der Waals surface area (Å²) in [4.78, 5) is 13.7. The summed E-state index contributed by atoms with van der Waals surface area (Å²) in [5.41, 5.74) is -3.76. The molecule has 2 unspecified atom stereocenters. The van der Waals surface area contributed by atoms with Crippen molar-refractivity contribution in [3.63, 3.8) is 0 Å². The lowest BCUT2D eigenvalue weighted by Crippen LogP contribution is -2.32. The summed E-state index contributed by atoms with van der Waals surface area (Å²) in [6, 6.07) is 9.88. The van der Waals surface area contributed by atoms with Crippen molar-refractivity contribution in [2.75, 3.05) is 41.0 Å². The number of benzene rings is 4. The van der Waals surface area contributed by atoms with Crippen molar-refractivity contribution in [3.05, 3.63) is 119 Å². The molecular formula is C49H54N3O26S8+. The van der Waals surface area contributed by atoms with E-state index in [1.165, 1.54) is 65.8 Å². The molecule has 0 spiro atoms. The minimum atomic E-state index is -5.34. The van der Waals surface area contributed by atoms with Gasteiger partial charge in [-0.05, 0) is 123 Å². The normalized spacial score (nSPS) is 18.9. The molecule has 0 bridgehead atoms. The largest absolute Gasteiger partial charge is 0.478 e. The van der Waals surface area contributed by atoms with Crippen LogP contribution in [0.1, 0.15) is 79.6 Å². The van der Waals surface area contributed by atoms with Gasteiger partial charge in [0.1, 0.15) is 16.3 Å². The van der Waals surface area contributed by atoms with E-state index in [2.05, 4.69) is 4.98 Å². The molecule has 86 heavy (non-hydrogen) atoms. The Labute approximate surface area is 494 Å². The van der Waals surface area contributed by atoms with Gasteiger partial charge in [-0.1, -0.05) is 12.1 Å². The Hall–Kier alpha value is -6.01. The summed E-state index contributed by atoms with van der Waals surface area (Å²) < 4.78 is 282. The molecule has 9 N–H and O–H groups in total. The summed E-state index contributed by atoms with van der Waals surface area (Å²) in [7, 11) is -40.1. The first-order chi connectivity index (χ1) is 39.2. The monoisotopic (exact) mass is 1360 g/mol. The molecule has 0 aliphatic carbocycles. The molecule has 37 heteroatoms. The summed E-state index contributed by atoms with van der Waals surface area (Å²) in [6.07, 6.45) is 3.94. The van der Waals surface area contributed by atoms with E-state index in [1.807, 2.05) is 0 Å². The Morgan fingerprint density at radius 2 is 1.03 bits per heavy atom. The van der Waals surface area contributed by atoms with Gasteiger partial charge in [-0.15, -0.1) is 0 Å². The van der Waals surface area contributed by atoms with Crippen molar-refractivity contribution in [2.24, 2.45) is 0 Å². The molecule has 0 saturated carbocycles. The zero-order valence-electron chi connectivity index (χ0n) is 44.7. The number of hydrogen-bond donors (Lipinski definition) is 9. The zero-order chi connectivity index (χ0) is 64.3. The predicted molar refractivity (Wildman–Crippen MR) is 309 cm³/mol. The van der Waals surface area contributed by atoms with Gasteiger partial charge in [-0.2, -0.15) is 71.9 Å². The average molecular weight is 1360 g/mol. The van der Waals surface area contributed by atoms with Gasteiger partial charge in [0.2, 0.25) is 5.69 Å². The maximum atomic E-state index is 12.9. The molecule has 2 aliphatic heterocycles. The molecule has 7 rings (SSSR count). The highest BCUT2D eigenvalue weighted by Gasteiger charge is 2.50. The van der Waals surface area contributed by atoms with Crippen LogP contribution in [-0.2, 0) is 91.8 Å². The minimum absolute atomic E-state index is 0.0183. The number of fused-ring (bicyclic) bond motifs is 6. The second kappa shape index (κ2) is 23.8. The van der Waals surface area contributed by atoms with E-state index in [0.717, 1.165) is 36.5 Å². The molecule has 0 radical (unpaired) electrons. The van der Waals surface area contributed by atoms with Crippen LogP contribution >= 0.6 is 0 Å². The fraction of sp³-hybridized carbons (Fsp3) is 0.327. The summed E-state index contributed by atoms with van der Waals surface area (Å²) in [5.74, 6) is -5.01. The first-order valence-electron chi connectivity index (χ1n) is 24.9. The Morgan fingerprint density at radius 1 is 0.558 bits per heavy atom. The number of carboxylic acid groups (broad SMARTS) is 1. The number of carbonyl (C=O) groups is 1. The van der Waals surface area contributed by atoms with Crippen LogP contribution in [0, 0.1) is 0 Å². The van der Waals surface area contributed by atoms with Crippen LogP contribution in [0.4, 0.5) is 11.4 Å². The first kappa shape index (κ1) is 67.5. The van der Waals surface area contributed by atoms with Crippen LogP contribution in [0.2, 0.25) is 0 Å². The van der Waals surface area contributed by atoms with Gasteiger partial charge >= 0.3 is 5.97 Å². The van der Waals surface area contributed by atoms with Gasteiger partial charge in [-0.25, -0.2) is 4.79 Å². The van der Waals surface area contributed by atoms with E-state index in [9.17, 15) is 114 Å². The number of aromatic carboxylic acids is 1. The Bertz CT molecular complexity index is 4760. The van der Waals surface area contributed by atoms with Crippen LogP contribution < -0.4 is 4.90 Å². The molecule has 0 fully saturated rings. The molecule has 29 nitrogen and oxygen atoms in total. The lowest BCUT2D eigenvalue weighted by Gasteiger charge is -2.31. The van der Waals surface area contributed by atoms with E-state index < -0.39 is 153 Å². The topological polar surface area (TPSA) is 491 Å².